The van der Waals surface area contributed by atoms with Crippen LogP contribution in [0.4, 0.5) is 0 Å². The summed E-state index contributed by atoms with van der Waals surface area (Å²) in [5.41, 5.74) is 0. The van der Waals surface area contributed by atoms with E-state index in [0.717, 1.165) is 43.3 Å². The normalized spacial score (nSPS) is 27.6. The Morgan fingerprint density at radius 1 is 1.29 bits per heavy atom. The number of guanidine groups is 1. The highest BCUT2D eigenvalue weighted by molar-refractivity contribution is 14.0. The van der Waals surface area contributed by atoms with Crippen LogP contribution in [-0.4, -0.2) is 73.1 Å². The molecule has 1 N–H and O–H groups in total. The fourth-order valence-corrected chi connectivity index (χ4v) is 4.16. The molecule has 2 aliphatic heterocycles. The number of hydrogen-bond acceptors (Lipinski definition) is 3. The molecule has 0 aromatic carbocycles. The Morgan fingerprint density at radius 3 is 2.71 bits per heavy atom. The second-order valence-electron chi connectivity index (χ2n) is 5.96. The lowest BCUT2D eigenvalue weighted by Crippen LogP contribution is -2.48. The number of aliphatic imine (C=N–C) groups is 1. The van der Waals surface area contributed by atoms with Crippen LogP contribution in [0.1, 0.15) is 26.7 Å². The first-order valence-corrected chi connectivity index (χ1v) is 9.11. The Kier molecular flexibility index (Phi) is 9.36. The first kappa shape index (κ1) is 19.4. The van der Waals surface area contributed by atoms with E-state index in [4.69, 9.17) is 4.99 Å². The lowest BCUT2D eigenvalue weighted by atomic mass is 10.1. The first-order valence-electron chi connectivity index (χ1n) is 8.06. The second-order valence-corrected chi connectivity index (χ2v) is 7.37. The number of thioether (sulfide) groups is 1. The van der Waals surface area contributed by atoms with E-state index in [2.05, 4.69) is 47.8 Å². The van der Waals surface area contributed by atoms with Gasteiger partial charge in [-0.1, -0.05) is 6.92 Å². The molecule has 0 aromatic heterocycles. The minimum atomic E-state index is 0. The van der Waals surface area contributed by atoms with E-state index in [1.165, 1.54) is 31.7 Å². The third-order valence-corrected chi connectivity index (χ3v) is 5.59. The molecule has 0 aliphatic carbocycles. The van der Waals surface area contributed by atoms with Crippen LogP contribution in [-0.2, 0) is 0 Å². The van der Waals surface area contributed by atoms with E-state index < -0.39 is 0 Å². The van der Waals surface area contributed by atoms with E-state index in [0.29, 0.717) is 0 Å². The van der Waals surface area contributed by atoms with Crippen molar-refractivity contribution in [1.82, 2.24) is 15.1 Å². The van der Waals surface area contributed by atoms with Gasteiger partial charge in [-0.3, -0.25) is 4.99 Å². The average Bonchev–Trinajstić information content (AvgIpc) is 2.89. The Hall–Kier alpha value is 0.310. The minimum absolute atomic E-state index is 0. The number of likely N-dealkylation sites (tertiary alicyclic amines) is 1. The third kappa shape index (κ3) is 6.14. The molecule has 124 valence electrons. The van der Waals surface area contributed by atoms with Gasteiger partial charge in [0.05, 0.1) is 0 Å². The van der Waals surface area contributed by atoms with Crippen LogP contribution >= 0.6 is 35.7 Å². The van der Waals surface area contributed by atoms with E-state index in [1.807, 2.05) is 0 Å². The zero-order valence-corrected chi connectivity index (χ0v) is 16.8. The van der Waals surface area contributed by atoms with Gasteiger partial charge >= 0.3 is 0 Å². The van der Waals surface area contributed by atoms with Crippen molar-refractivity contribution in [3.8, 4) is 0 Å². The summed E-state index contributed by atoms with van der Waals surface area (Å²) in [5, 5.41) is 4.25. The van der Waals surface area contributed by atoms with E-state index >= 15 is 0 Å². The summed E-state index contributed by atoms with van der Waals surface area (Å²) in [4.78, 5) is 9.80. The molecule has 2 atom stereocenters. The van der Waals surface area contributed by atoms with Crippen molar-refractivity contribution in [3.05, 3.63) is 0 Å². The van der Waals surface area contributed by atoms with Crippen LogP contribution in [0.2, 0.25) is 0 Å². The van der Waals surface area contributed by atoms with Crippen molar-refractivity contribution in [1.29, 1.82) is 0 Å². The van der Waals surface area contributed by atoms with E-state index in [9.17, 15) is 0 Å². The quantitative estimate of drug-likeness (QED) is 0.425. The molecule has 0 spiro atoms. The molecule has 0 aromatic rings. The van der Waals surface area contributed by atoms with Gasteiger partial charge in [0.15, 0.2) is 5.96 Å². The molecule has 21 heavy (non-hydrogen) atoms. The van der Waals surface area contributed by atoms with Crippen molar-refractivity contribution in [2.75, 3.05) is 52.1 Å². The number of hydrogen-bond donors (Lipinski definition) is 1. The van der Waals surface area contributed by atoms with E-state index in [1.54, 1.807) is 0 Å². The molecular weight excluding hydrogens is 395 g/mol. The van der Waals surface area contributed by atoms with Crippen molar-refractivity contribution >= 4 is 41.7 Å². The summed E-state index contributed by atoms with van der Waals surface area (Å²) in [6.07, 6.45) is 2.56. The Bertz CT molecular complexity index is 327. The monoisotopic (exact) mass is 426 g/mol. The van der Waals surface area contributed by atoms with Crippen LogP contribution in [0.3, 0.4) is 0 Å². The largest absolute Gasteiger partial charge is 0.357 e. The highest BCUT2D eigenvalue weighted by atomic mass is 127. The van der Waals surface area contributed by atoms with Gasteiger partial charge in [0.1, 0.15) is 0 Å². The molecular formula is C15H31IN4S. The Balaban J connectivity index is 0.00000220. The lowest BCUT2D eigenvalue weighted by molar-refractivity contribution is 0.391. The molecule has 6 heteroatoms. The van der Waals surface area contributed by atoms with Crippen LogP contribution in [0, 0.1) is 5.92 Å². The van der Waals surface area contributed by atoms with Gasteiger partial charge in [0, 0.05) is 43.7 Å². The maximum Gasteiger partial charge on any atom is 0.193 e. The standard InChI is InChI=1S/C15H30N4S.HI/c1-4-14-12-19(8-9-20-14)15(16-5-2)17-10-13-6-7-18(3)11-13;/h13-14H,4-12H2,1-3H3,(H,16,17);1H. The van der Waals surface area contributed by atoms with Gasteiger partial charge in [0.2, 0.25) is 0 Å². The van der Waals surface area contributed by atoms with Crippen LogP contribution in [0.25, 0.3) is 0 Å². The van der Waals surface area contributed by atoms with Gasteiger partial charge in [-0.25, -0.2) is 0 Å². The number of rotatable bonds is 4. The summed E-state index contributed by atoms with van der Waals surface area (Å²) in [6.45, 7) is 11.1. The van der Waals surface area contributed by atoms with Crippen LogP contribution in [0.5, 0.6) is 0 Å². The summed E-state index contributed by atoms with van der Waals surface area (Å²) in [6, 6.07) is 0. The molecule has 2 unspecified atom stereocenters. The highest BCUT2D eigenvalue weighted by Gasteiger charge is 2.23. The lowest BCUT2D eigenvalue weighted by Gasteiger charge is -2.34. The summed E-state index contributed by atoms with van der Waals surface area (Å²) in [7, 11) is 2.21. The van der Waals surface area contributed by atoms with Crippen molar-refractivity contribution in [2.45, 2.75) is 31.9 Å². The minimum Gasteiger partial charge on any atom is -0.357 e. The SMILES string of the molecule is CCNC(=NCC1CCN(C)C1)N1CCSC(CC)C1.I. The number of nitrogens with zero attached hydrogens (tertiary/aromatic N) is 3. The van der Waals surface area contributed by atoms with Gasteiger partial charge in [-0.05, 0) is 39.3 Å². The van der Waals surface area contributed by atoms with Gasteiger partial charge < -0.3 is 15.1 Å². The fourth-order valence-electron chi connectivity index (χ4n) is 2.98. The molecule has 0 bridgehead atoms. The van der Waals surface area contributed by atoms with Gasteiger partial charge in [-0.2, -0.15) is 11.8 Å². The number of halogens is 1. The predicted molar refractivity (Wildman–Crippen MR) is 105 cm³/mol. The zero-order chi connectivity index (χ0) is 14.4. The van der Waals surface area contributed by atoms with Gasteiger partial charge in [0.25, 0.3) is 0 Å². The predicted octanol–water partition coefficient (Wildman–Crippen LogP) is 2.35. The topological polar surface area (TPSA) is 30.9 Å². The van der Waals surface area contributed by atoms with Crippen LogP contribution in [0.15, 0.2) is 4.99 Å². The average molecular weight is 426 g/mol. The van der Waals surface area contributed by atoms with Crippen molar-refractivity contribution in [3.63, 3.8) is 0 Å². The molecule has 0 amide bonds. The van der Waals surface area contributed by atoms with Crippen molar-refractivity contribution < 1.29 is 0 Å². The first-order chi connectivity index (χ1) is 9.72. The third-order valence-electron chi connectivity index (χ3n) is 4.22. The summed E-state index contributed by atoms with van der Waals surface area (Å²) < 4.78 is 0. The summed E-state index contributed by atoms with van der Waals surface area (Å²) >= 11 is 2.12. The second kappa shape index (κ2) is 10.2. The van der Waals surface area contributed by atoms with E-state index in [-0.39, 0.29) is 24.0 Å². The number of nitrogens with one attached hydrogen (secondary N) is 1. The molecule has 2 heterocycles. The smallest absolute Gasteiger partial charge is 0.193 e. The molecule has 2 aliphatic rings. The van der Waals surface area contributed by atoms with Crippen LogP contribution < -0.4 is 5.32 Å². The fraction of sp³-hybridized carbons (Fsp3) is 0.933. The zero-order valence-electron chi connectivity index (χ0n) is 13.7. The molecule has 2 fully saturated rings. The maximum atomic E-state index is 4.92. The Morgan fingerprint density at radius 2 is 2.10 bits per heavy atom. The molecule has 0 radical (unpaired) electrons. The summed E-state index contributed by atoms with van der Waals surface area (Å²) in [5.74, 6) is 3.12. The molecule has 4 nitrogen and oxygen atoms in total. The molecule has 2 saturated heterocycles. The maximum absolute atomic E-state index is 4.92. The highest BCUT2D eigenvalue weighted by Crippen LogP contribution is 2.21. The molecule has 2 rings (SSSR count). The van der Waals surface area contributed by atoms with Crippen molar-refractivity contribution in [2.24, 2.45) is 10.9 Å². The molecule has 0 saturated carbocycles. The van der Waals surface area contributed by atoms with Gasteiger partial charge in [-0.15, -0.1) is 24.0 Å². The Labute approximate surface area is 151 Å².